The Morgan fingerprint density at radius 1 is 1.10 bits per heavy atom. The lowest BCUT2D eigenvalue weighted by Crippen LogP contribution is -2.41. The first-order chi connectivity index (χ1) is 14.5. The van der Waals surface area contributed by atoms with Gasteiger partial charge in [-0.15, -0.1) is 0 Å². The zero-order valence-corrected chi connectivity index (χ0v) is 16.1. The highest BCUT2D eigenvalue weighted by molar-refractivity contribution is 6.08. The molecule has 9 heteroatoms. The fraction of sp³-hybridized carbons (Fsp3) is 0.190. The van der Waals surface area contributed by atoms with Crippen LogP contribution in [0.4, 0.5) is 4.79 Å². The molecule has 1 aliphatic rings. The molecule has 3 amide bonds. The van der Waals surface area contributed by atoms with Gasteiger partial charge in [0, 0.05) is 5.56 Å². The lowest BCUT2D eigenvalue weighted by atomic mass is 9.92. The molecule has 0 spiro atoms. The highest BCUT2D eigenvalue weighted by Crippen LogP contribution is 2.28. The second-order valence-electron chi connectivity index (χ2n) is 6.85. The highest BCUT2D eigenvalue weighted by Gasteiger charge is 2.49. The number of carbonyl (C=O) groups is 3. The summed E-state index contributed by atoms with van der Waals surface area (Å²) in [5.41, 5.74) is 0.146. The van der Waals surface area contributed by atoms with Crippen LogP contribution in [0.25, 0.3) is 11.4 Å². The standard InChI is InChI=1S/C21H18N4O5/c1-21(15-10-6-3-7-11-15)19(27)25(20(28)23-21)12-17(26)29-13-16-22-18(24-30-16)14-8-4-2-5-9-14/h2-11H,12-13H2,1H3,(H,23,28)/t21-/m1/s1. The number of esters is 1. The van der Waals surface area contributed by atoms with Crippen LogP contribution in [0.5, 0.6) is 0 Å². The van der Waals surface area contributed by atoms with Gasteiger partial charge in [-0.05, 0) is 12.5 Å². The van der Waals surface area contributed by atoms with E-state index in [0.29, 0.717) is 11.4 Å². The largest absolute Gasteiger partial charge is 0.454 e. The summed E-state index contributed by atoms with van der Waals surface area (Å²) in [7, 11) is 0. The molecule has 3 aromatic rings. The molecule has 0 aliphatic carbocycles. The maximum absolute atomic E-state index is 12.8. The van der Waals surface area contributed by atoms with E-state index in [9.17, 15) is 14.4 Å². The molecule has 1 N–H and O–H groups in total. The Hall–Kier alpha value is -4.01. The van der Waals surface area contributed by atoms with Crippen molar-refractivity contribution in [1.29, 1.82) is 0 Å². The monoisotopic (exact) mass is 406 g/mol. The van der Waals surface area contributed by atoms with E-state index in [1.165, 1.54) is 0 Å². The lowest BCUT2D eigenvalue weighted by Gasteiger charge is -2.21. The summed E-state index contributed by atoms with van der Waals surface area (Å²) in [4.78, 5) is 42.3. The van der Waals surface area contributed by atoms with E-state index in [2.05, 4.69) is 15.5 Å². The van der Waals surface area contributed by atoms with Gasteiger partial charge in [-0.3, -0.25) is 14.5 Å². The van der Waals surface area contributed by atoms with Gasteiger partial charge in [0.1, 0.15) is 12.1 Å². The molecule has 0 bridgehead atoms. The first-order valence-electron chi connectivity index (χ1n) is 9.20. The Bertz CT molecular complexity index is 1080. The van der Waals surface area contributed by atoms with Gasteiger partial charge in [0.05, 0.1) is 0 Å². The van der Waals surface area contributed by atoms with Crippen molar-refractivity contribution >= 4 is 17.9 Å². The number of imide groups is 1. The van der Waals surface area contributed by atoms with Crippen LogP contribution in [0.15, 0.2) is 65.2 Å². The summed E-state index contributed by atoms with van der Waals surface area (Å²) in [5, 5.41) is 6.47. The van der Waals surface area contributed by atoms with Gasteiger partial charge in [0.2, 0.25) is 5.82 Å². The van der Waals surface area contributed by atoms with Crippen molar-refractivity contribution < 1.29 is 23.6 Å². The number of nitrogens with zero attached hydrogens (tertiary/aromatic N) is 3. The van der Waals surface area contributed by atoms with E-state index < -0.39 is 30.0 Å². The predicted molar refractivity (Wildman–Crippen MR) is 104 cm³/mol. The Morgan fingerprint density at radius 2 is 1.77 bits per heavy atom. The smallest absolute Gasteiger partial charge is 0.326 e. The number of benzene rings is 2. The van der Waals surface area contributed by atoms with E-state index in [1.54, 1.807) is 31.2 Å². The molecular weight excluding hydrogens is 388 g/mol. The third kappa shape index (κ3) is 3.64. The van der Waals surface area contributed by atoms with Crippen LogP contribution < -0.4 is 5.32 Å². The highest BCUT2D eigenvalue weighted by atomic mass is 16.6. The molecule has 9 nitrogen and oxygen atoms in total. The number of urea groups is 1. The normalized spacial score (nSPS) is 18.4. The zero-order valence-electron chi connectivity index (χ0n) is 16.1. The molecule has 1 aromatic heterocycles. The van der Waals surface area contributed by atoms with Crippen LogP contribution in [0, 0.1) is 0 Å². The molecular formula is C21H18N4O5. The van der Waals surface area contributed by atoms with Crippen molar-refractivity contribution in [2.75, 3.05) is 6.54 Å². The summed E-state index contributed by atoms with van der Waals surface area (Å²) in [5.74, 6) is -0.821. The van der Waals surface area contributed by atoms with Crippen molar-refractivity contribution in [3.8, 4) is 11.4 Å². The molecule has 4 rings (SSSR count). The Labute approximate surface area is 171 Å². The molecule has 152 valence electrons. The molecule has 0 saturated carbocycles. The molecule has 1 saturated heterocycles. The Kier molecular flexibility index (Phi) is 5.01. The number of ether oxygens (including phenoxy) is 1. The summed E-state index contributed by atoms with van der Waals surface area (Å²) < 4.78 is 10.2. The third-order valence-electron chi connectivity index (χ3n) is 4.77. The average molecular weight is 406 g/mol. The number of aromatic nitrogens is 2. The van der Waals surface area contributed by atoms with Crippen LogP contribution >= 0.6 is 0 Å². The van der Waals surface area contributed by atoms with Crippen molar-refractivity contribution in [1.82, 2.24) is 20.4 Å². The quantitative estimate of drug-likeness (QED) is 0.493. The second kappa shape index (κ2) is 7.78. The number of carbonyl (C=O) groups excluding carboxylic acids is 3. The molecule has 1 atom stereocenters. The van der Waals surface area contributed by atoms with Crippen molar-refractivity contribution in [3.05, 3.63) is 72.1 Å². The van der Waals surface area contributed by atoms with Crippen LogP contribution in [-0.2, 0) is 26.5 Å². The van der Waals surface area contributed by atoms with Gasteiger partial charge in [-0.25, -0.2) is 4.79 Å². The van der Waals surface area contributed by atoms with E-state index in [-0.39, 0.29) is 12.5 Å². The van der Waals surface area contributed by atoms with Crippen molar-refractivity contribution in [2.24, 2.45) is 0 Å². The minimum absolute atomic E-state index is 0.105. The lowest BCUT2D eigenvalue weighted by molar-refractivity contribution is -0.149. The molecule has 0 radical (unpaired) electrons. The molecule has 0 unspecified atom stereocenters. The summed E-state index contributed by atoms with van der Waals surface area (Å²) >= 11 is 0. The van der Waals surface area contributed by atoms with E-state index in [4.69, 9.17) is 9.26 Å². The second-order valence-corrected chi connectivity index (χ2v) is 6.85. The maximum atomic E-state index is 12.8. The minimum atomic E-state index is -1.24. The van der Waals surface area contributed by atoms with E-state index in [0.717, 1.165) is 10.5 Å². The fourth-order valence-electron chi connectivity index (χ4n) is 3.14. The van der Waals surface area contributed by atoms with E-state index in [1.807, 2.05) is 36.4 Å². The van der Waals surface area contributed by atoms with Crippen molar-refractivity contribution in [2.45, 2.75) is 19.1 Å². The van der Waals surface area contributed by atoms with Crippen LogP contribution in [0.1, 0.15) is 18.4 Å². The van der Waals surface area contributed by atoms with Gasteiger partial charge in [-0.1, -0.05) is 65.8 Å². The van der Waals surface area contributed by atoms with Crippen LogP contribution in [-0.4, -0.2) is 39.5 Å². The molecule has 2 heterocycles. The minimum Gasteiger partial charge on any atom is -0.454 e. The Balaban J connectivity index is 1.37. The van der Waals surface area contributed by atoms with E-state index >= 15 is 0 Å². The first kappa shape index (κ1) is 19.3. The summed E-state index contributed by atoms with van der Waals surface area (Å²) in [6.45, 7) is 0.808. The fourth-order valence-corrected chi connectivity index (χ4v) is 3.14. The number of amides is 3. The third-order valence-corrected chi connectivity index (χ3v) is 4.77. The Morgan fingerprint density at radius 3 is 2.47 bits per heavy atom. The SMILES string of the molecule is C[C@]1(c2ccccc2)NC(=O)N(CC(=O)OCc2nc(-c3ccccc3)no2)C1=O. The first-order valence-corrected chi connectivity index (χ1v) is 9.20. The predicted octanol–water partition coefficient (Wildman–Crippen LogP) is 2.25. The number of rotatable bonds is 6. The van der Waals surface area contributed by atoms with Crippen LogP contribution in [0.2, 0.25) is 0 Å². The number of nitrogens with one attached hydrogen (secondary N) is 1. The summed E-state index contributed by atoms with van der Waals surface area (Å²) in [6.07, 6.45) is 0. The molecule has 30 heavy (non-hydrogen) atoms. The van der Waals surface area contributed by atoms with Crippen LogP contribution in [0.3, 0.4) is 0 Å². The topological polar surface area (TPSA) is 115 Å². The van der Waals surface area contributed by atoms with Gasteiger partial charge in [-0.2, -0.15) is 4.98 Å². The van der Waals surface area contributed by atoms with Gasteiger partial charge in [0.25, 0.3) is 11.8 Å². The van der Waals surface area contributed by atoms with Gasteiger partial charge < -0.3 is 14.6 Å². The zero-order chi connectivity index (χ0) is 21.1. The van der Waals surface area contributed by atoms with Crippen molar-refractivity contribution in [3.63, 3.8) is 0 Å². The molecule has 1 aliphatic heterocycles. The summed E-state index contributed by atoms with van der Waals surface area (Å²) in [6, 6.07) is 17.3. The molecule has 1 fully saturated rings. The number of hydrogen-bond donors (Lipinski definition) is 1. The van der Waals surface area contributed by atoms with Gasteiger partial charge >= 0.3 is 12.0 Å². The average Bonchev–Trinajstić information content (AvgIpc) is 3.33. The van der Waals surface area contributed by atoms with Gasteiger partial charge in [0.15, 0.2) is 6.61 Å². The number of hydrogen-bond acceptors (Lipinski definition) is 7. The maximum Gasteiger partial charge on any atom is 0.326 e. The molecule has 2 aromatic carbocycles.